The van der Waals surface area contributed by atoms with Crippen LogP contribution in [0.2, 0.25) is 0 Å². The minimum Gasteiger partial charge on any atom is -0.374 e. The highest BCUT2D eigenvalue weighted by molar-refractivity contribution is 6.20. The van der Waals surface area contributed by atoms with Crippen LogP contribution in [-0.2, 0) is 0 Å². The lowest BCUT2D eigenvalue weighted by molar-refractivity contribution is 0.196. The summed E-state index contributed by atoms with van der Waals surface area (Å²) >= 11 is 5.60. The van der Waals surface area contributed by atoms with Gasteiger partial charge in [0.2, 0.25) is 0 Å². The van der Waals surface area contributed by atoms with Gasteiger partial charge < -0.3 is 10.1 Å². The number of hydrogen-bond acceptors (Lipinski definition) is 4. The molecule has 6 nitrogen and oxygen atoms in total. The van der Waals surface area contributed by atoms with Crippen molar-refractivity contribution in [1.29, 1.82) is 0 Å². The first-order chi connectivity index (χ1) is 6.18. The van der Waals surface area contributed by atoms with Gasteiger partial charge >= 0.3 is 12.1 Å². The summed E-state index contributed by atoms with van der Waals surface area (Å²) in [6.45, 7) is 2.10. The molecule has 0 saturated carbocycles. The third-order valence-electron chi connectivity index (χ3n) is 1.11. The number of alkyl halides is 1. The molecule has 7 heteroatoms. The van der Waals surface area contributed by atoms with Crippen LogP contribution >= 0.6 is 11.6 Å². The highest BCUT2D eigenvalue weighted by Gasteiger charge is 2.06. The van der Waals surface area contributed by atoms with Crippen molar-refractivity contribution < 1.29 is 9.53 Å². The van der Waals surface area contributed by atoms with Crippen molar-refractivity contribution in [2.24, 2.45) is 0 Å². The number of amides is 1. The van der Waals surface area contributed by atoms with Crippen LogP contribution in [0.3, 0.4) is 0 Å². The maximum atomic E-state index is 10.9. The van der Waals surface area contributed by atoms with Crippen molar-refractivity contribution in [3.8, 4) is 6.01 Å². The molecule has 0 aliphatic carbocycles. The second-order valence-electron chi connectivity index (χ2n) is 2.34. The Morgan fingerprint density at radius 3 is 3.23 bits per heavy atom. The average molecular weight is 205 g/mol. The van der Waals surface area contributed by atoms with Crippen LogP contribution in [0.25, 0.3) is 0 Å². The predicted molar refractivity (Wildman–Crippen MR) is 45.7 cm³/mol. The molecule has 2 N–H and O–H groups in total. The third-order valence-corrected chi connectivity index (χ3v) is 1.26. The molecule has 1 atom stereocenters. The number of aromatic amines is 1. The fraction of sp³-hybridized carbons (Fsp3) is 0.500. The molecule has 0 aliphatic rings. The molecular formula is C6H9ClN4O2. The number of halogens is 1. The first kappa shape index (κ1) is 9.79. The van der Waals surface area contributed by atoms with E-state index in [1.165, 1.54) is 6.33 Å². The van der Waals surface area contributed by atoms with Crippen LogP contribution in [0, 0.1) is 0 Å². The minimum atomic E-state index is -0.607. The lowest BCUT2D eigenvalue weighted by atomic mass is 10.5. The van der Waals surface area contributed by atoms with E-state index in [9.17, 15) is 4.79 Å². The molecule has 1 aromatic heterocycles. The van der Waals surface area contributed by atoms with Crippen LogP contribution in [0.1, 0.15) is 6.92 Å². The normalized spacial score (nSPS) is 12.2. The number of aromatic nitrogens is 3. The zero-order valence-electron chi connectivity index (χ0n) is 6.95. The van der Waals surface area contributed by atoms with Gasteiger partial charge in [-0.2, -0.15) is 10.1 Å². The Morgan fingerprint density at radius 1 is 1.92 bits per heavy atom. The van der Waals surface area contributed by atoms with Gasteiger partial charge in [-0.3, -0.25) is 0 Å². The molecule has 72 valence electrons. The van der Waals surface area contributed by atoms with Gasteiger partial charge in [0.15, 0.2) is 0 Å². The number of carbonyl (C=O) groups is 1. The number of rotatable bonds is 3. The van der Waals surface area contributed by atoms with Crippen molar-refractivity contribution in [3.63, 3.8) is 0 Å². The molecule has 13 heavy (non-hydrogen) atoms. The molecule has 1 unspecified atom stereocenters. The van der Waals surface area contributed by atoms with Crippen molar-refractivity contribution in [2.45, 2.75) is 12.3 Å². The van der Waals surface area contributed by atoms with Gasteiger partial charge in [-0.15, -0.1) is 11.6 Å². The number of ether oxygens (including phenoxy) is 1. The molecule has 0 saturated heterocycles. The number of nitrogens with one attached hydrogen (secondary N) is 2. The quantitative estimate of drug-likeness (QED) is 0.704. The van der Waals surface area contributed by atoms with E-state index in [-0.39, 0.29) is 11.4 Å². The first-order valence-electron chi connectivity index (χ1n) is 3.63. The standard InChI is InChI=1S/C6H9ClN4O2/c1-4(7)2-8-6(12)13-5-9-3-10-11-5/h3-4H,2H2,1H3,(H,8,12)(H,9,10,11). The zero-order chi connectivity index (χ0) is 9.68. The molecule has 0 radical (unpaired) electrons. The van der Waals surface area contributed by atoms with E-state index >= 15 is 0 Å². The Bertz CT molecular complexity index is 262. The average Bonchev–Trinajstić information content (AvgIpc) is 2.53. The van der Waals surface area contributed by atoms with Gasteiger partial charge in [-0.05, 0) is 6.92 Å². The van der Waals surface area contributed by atoms with Crippen molar-refractivity contribution in [1.82, 2.24) is 20.5 Å². The summed E-state index contributed by atoms with van der Waals surface area (Å²) in [5.74, 6) is 0. The molecule has 0 aliphatic heterocycles. The van der Waals surface area contributed by atoms with Crippen LogP contribution in [0.5, 0.6) is 6.01 Å². The Morgan fingerprint density at radius 2 is 2.69 bits per heavy atom. The summed E-state index contributed by atoms with van der Waals surface area (Å²) in [6.07, 6.45) is 0.636. The van der Waals surface area contributed by atoms with E-state index in [1.54, 1.807) is 6.92 Å². The topological polar surface area (TPSA) is 79.9 Å². The smallest absolute Gasteiger partial charge is 0.374 e. The summed E-state index contributed by atoms with van der Waals surface area (Å²) in [7, 11) is 0. The van der Waals surface area contributed by atoms with Gasteiger partial charge in [0, 0.05) is 11.9 Å². The fourth-order valence-electron chi connectivity index (χ4n) is 0.591. The molecule has 1 heterocycles. The summed E-state index contributed by atoms with van der Waals surface area (Å²) in [4.78, 5) is 14.5. The van der Waals surface area contributed by atoms with E-state index < -0.39 is 6.09 Å². The molecule has 0 fully saturated rings. The Labute approximate surface area is 79.6 Å². The van der Waals surface area contributed by atoms with Crippen molar-refractivity contribution >= 4 is 17.7 Å². The van der Waals surface area contributed by atoms with Gasteiger partial charge in [-0.25, -0.2) is 9.89 Å². The Kier molecular flexibility index (Phi) is 3.51. The van der Waals surface area contributed by atoms with Gasteiger partial charge in [-0.1, -0.05) is 0 Å². The summed E-state index contributed by atoms with van der Waals surface area (Å²) < 4.78 is 4.67. The molecule has 0 aromatic carbocycles. The Hall–Kier alpha value is -1.30. The van der Waals surface area contributed by atoms with E-state index in [1.807, 2.05) is 0 Å². The monoisotopic (exact) mass is 204 g/mol. The van der Waals surface area contributed by atoms with Crippen LogP contribution in [-0.4, -0.2) is 33.2 Å². The fourth-order valence-corrected chi connectivity index (χ4v) is 0.668. The van der Waals surface area contributed by atoms with Crippen LogP contribution < -0.4 is 10.1 Å². The molecular weight excluding hydrogens is 196 g/mol. The van der Waals surface area contributed by atoms with Crippen molar-refractivity contribution in [3.05, 3.63) is 6.33 Å². The van der Waals surface area contributed by atoms with E-state index in [0.29, 0.717) is 6.54 Å². The zero-order valence-corrected chi connectivity index (χ0v) is 7.71. The maximum absolute atomic E-state index is 10.9. The minimum absolute atomic E-state index is 0.0553. The molecule has 0 spiro atoms. The second kappa shape index (κ2) is 4.66. The van der Waals surface area contributed by atoms with E-state index in [2.05, 4.69) is 25.2 Å². The predicted octanol–water partition coefficient (Wildman–Crippen LogP) is 0.520. The maximum Gasteiger partial charge on any atom is 0.415 e. The number of nitrogens with zero attached hydrogens (tertiary/aromatic N) is 2. The number of carbonyl (C=O) groups excluding carboxylic acids is 1. The molecule has 1 amide bonds. The Balaban J connectivity index is 2.26. The van der Waals surface area contributed by atoms with E-state index in [0.717, 1.165) is 0 Å². The van der Waals surface area contributed by atoms with Crippen LogP contribution in [0.4, 0.5) is 4.79 Å². The highest BCUT2D eigenvalue weighted by Crippen LogP contribution is 1.96. The molecule has 1 aromatic rings. The van der Waals surface area contributed by atoms with Gasteiger partial charge in [0.1, 0.15) is 6.33 Å². The lowest BCUT2D eigenvalue weighted by Gasteiger charge is -2.04. The SMILES string of the molecule is CC(Cl)CNC(=O)Oc1ncn[nH]1. The summed E-state index contributed by atoms with van der Waals surface area (Å²) in [5.41, 5.74) is 0. The van der Waals surface area contributed by atoms with Crippen LogP contribution in [0.15, 0.2) is 6.33 Å². The summed E-state index contributed by atoms with van der Waals surface area (Å²) in [6, 6.07) is 0.0553. The highest BCUT2D eigenvalue weighted by atomic mass is 35.5. The third kappa shape index (κ3) is 3.75. The lowest BCUT2D eigenvalue weighted by Crippen LogP contribution is -2.31. The second-order valence-corrected chi connectivity index (χ2v) is 3.09. The summed E-state index contributed by atoms with van der Waals surface area (Å²) in [5, 5.41) is 8.18. The van der Waals surface area contributed by atoms with Gasteiger partial charge in [0.05, 0.1) is 0 Å². The number of H-pyrrole nitrogens is 1. The van der Waals surface area contributed by atoms with Gasteiger partial charge in [0.25, 0.3) is 0 Å². The first-order valence-corrected chi connectivity index (χ1v) is 4.07. The number of hydrogen-bond donors (Lipinski definition) is 2. The largest absolute Gasteiger partial charge is 0.415 e. The van der Waals surface area contributed by atoms with E-state index in [4.69, 9.17) is 11.6 Å². The molecule has 0 bridgehead atoms. The molecule has 1 rings (SSSR count). The van der Waals surface area contributed by atoms with Crippen molar-refractivity contribution in [2.75, 3.05) is 6.54 Å².